The number of thiazole rings is 1. The third-order valence-electron chi connectivity index (χ3n) is 6.61. The zero-order valence-electron chi connectivity index (χ0n) is 18.3. The van der Waals surface area contributed by atoms with Crippen LogP contribution in [0.15, 0.2) is 77.2 Å². The predicted molar refractivity (Wildman–Crippen MR) is 130 cm³/mol. The maximum absolute atomic E-state index is 13.5. The molecule has 0 bridgehead atoms. The van der Waals surface area contributed by atoms with Crippen molar-refractivity contribution in [2.75, 3.05) is 11.7 Å². The first-order chi connectivity index (χ1) is 16.6. The van der Waals surface area contributed by atoms with E-state index in [-0.39, 0.29) is 18.4 Å². The minimum Gasteiger partial charge on any atom is -0.502 e. The van der Waals surface area contributed by atoms with Crippen LogP contribution in [-0.2, 0) is 19.4 Å². The van der Waals surface area contributed by atoms with Crippen LogP contribution in [-0.4, -0.2) is 32.2 Å². The minimum absolute atomic E-state index is 0.0190. The fourth-order valence-corrected chi connectivity index (χ4v) is 5.66. The smallest absolute Gasteiger partial charge is 0.278 e. The number of carbonyl (C=O) groups is 1. The molecule has 1 amide bonds. The number of benzene rings is 2. The second-order valence-electron chi connectivity index (χ2n) is 8.53. The number of fused-ring (bicyclic) bond motifs is 3. The zero-order valence-corrected chi connectivity index (χ0v) is 19.1. The molecule has 0 atom stereocenters. The van der Waals surface area contributed by atoms with Crippen LogP contribution in [0.25, 0.3) is 0 Å². The number of hydrogen-bond acceptors (Lipinski definition) is 6. The third kappa shape index (κ3) is 3.30. The monoisotopic (exact) mass is 470 g/mol. The Morgan fingerprint density at radius 3 is 2.29 bits per heavy atom. The first-order valence-electron chi connectivity index (χ1n) is 11.2. The van der Waals surface area contributed by atoms with Crippen molar-refractivity contribution in [1.82, 2.24) is 14.6 Å². The summed E-state index contributed by atoms with van der Waals surface area (Å²) in [6.45, 7) is 0.576. The normalized spacial score (nSPS) is 15.5. The molecule has 6 rings (SSSR count). The molecule has 2 aliphatic rings. The predicted octanol–water partition coefficient (Wildman–Crippen LogP) is 3.45. The zero-order chi connectivity index (χ0) is 23.2. The largest absolute Gasteiger partial charge is 0.502 e. The average molecular weight is 471 g/mol. The van der Waals surface area contributed by atoms with Gasteiger partial charge in [-0.1, -0.05) is 48.5 Å². The fraction of sp³-hybridized carbons (Fsp3) is 0.192. The highest BCUT2D eigenvalue weighted by Gasteiger charge is 2.38. The molecule has 1 aliphatic heterocycles. The number of aromatic nitrogens is 2. The van der Waals surface area contributed by atoms with Gasteiger partial charge in [-0.05, 0) is 35.1 Å². The second-order valence-corrected chi connectivity index (χ2v) is 9.51. The summed E-state index contributed by atoms with van der Waals surface area (Å²) in [6, 6.07) is 17.8. The fourth-order valence-electron chi connectivity index (χ4n) is 5.02. The summed E-state index contributed by atoms with van der Waals surface area (Å²) >= 11 is 1.47. The Balaban J connectivity index is 1.57. The molecule has 3 heterocycles. The van der Waals surface area contributed by atoms with Gasteiger partial charge in [-0.3, -0.25) is 19.3 Å². The average Bonchev–Trinajstić information content (AvgIpc) is 3.31. The van der Waals surface area contributed by atoms with E-state index in [4.69, 9.17) is 0 Å². The van der Waals surface area contributed by atoms with Crippen LogP contribution in [0.4, 0.5) is 0 Å². The molecule has 170 valence electrons. The van der Waals surface area contributed by atoms with Crippen molar-refractivity contribution in [2.45, 2.75) is 25.4 Å². The Bertz CT molecular complexity index is 1400. The number of amides is 1. The topological polar surface area (TPSA) is 78.7 Å². The molecule has 4 aromatic rings. The van der Waals surface area contributed by atoms with Crippen molar-refractivity contribution in [1.29, 1.82) is 0 Å². The van der Waals surface area contributed by atoms with E-state index in [9.17, 15) is 14.7 Å². The lowest BCUT2D eigenvalue weighted by Gasteiger charge is -2.44. The molecule has 0 radical (unpaired) electrons. The first kappa shape index (κ1) is 20.7. The molecule has 2 aromatic heterocycles. The molecule has 8 heteroatoms. The molecule has 2 aromatic carbocycles. The number of pyridine rings is 1. The Morgan fingerprint density at radius 2 is 1.65 bits per heavy atom. The maximum Gasteiger partial charge on any atom is 0.278 e. The van der Waals surface area contributed by atoms with Crippen molar-refractivity contribution >= 4 is 17.2 Å². The Morgan fingerprint density at radius 1 is 0.971 bits per heavy atom. The summed E-state index contributed by atoms with van der Waals surface area (Å²) in [6.07, 6.45) is 5.13. The van der Waals surface area contributed by atoms with Crippen molar-refractivity contribution in [2.24, 2.45) is 0 Å². The van der Waals surface area contributed by atoms with Gasteiger partial charge in [0, 0.05) is 23.8 Å². The van der Waals surface area contributed by atoms with Crippen LogP contribution in [0.2, 0.25) is 0 Å². The van der Waals surface area contributed by atoms with Crippen LogP contribution in [0.1, 0.15) is 43.8 Å². The van der Waals surface area contributed by atoms with Crippen LogP contribution >= 0.6 is 11.3 Å². The molecule has 7 nitrogen and oxygen atoms in total. The lowest BCUT2D eigenvalue weighted by molar-refractivity contribution is 0.0665. The standard InChI is InChI=1S/C26H22N4O3S/c31-21-11-13-29-24(25(21)32)26(33)28(15-22-27-12-14-34-22)16-30(29)23-19-7-3-1-5-17(19)9-10-18-6-2-4-8-20(18)23/h1-8,11-14,23,32H,9-10,15-16H2. The van der Waals surface area contributed by atoms with E-state index in [0.717, 1.165) is 29.0 Å². The van der Waals surface area contributed by atoms with Crippen molar-refractivity contribution in [3.8, 4) is 5.75 Å². The van der Waals surface area contributed by atoms with Gasteiger partial charge in [0.05, 0.1) is 12.6 Å². The number of aryl methyl sites for hydroxylation is 2. The van der Waals surface area contributed by atoms with Gasteiger partial charge >= 0.3 is 0 Å². The highest BCUT2D eigenvalue weighted by atomic mass is 32.1. The first-order valence-corrected chi connectivity index (χ1v) is 12.0. The Hall–Kier alpha value is -3.91. The maximum atomic E-state index is 13.5. The van der Waals surface area contributed by atoms with Crippen LogP contribution in [0, 0.1) is 0 Å². The molecular weight excluding hydrogens is 448 g/mol. The molecule has 0 saturated heterocycles. The SMILES string of the molecule is O=C1c2c(O)c(=O)ccn2N(C2c3ccccc3CCc3ccccc32)CN1Cc1nccs1. The lowest BCUT2D eigenvalue weighted by atomic mass is 9.94. The van der Waals surface area contributed by atoms with Gasteiger partial charge < -0.3 is 10.0 Å². The second kappa shape index (κ2) is 8.14. The molecule has 0 spiro atoms. The van der Waals surface area contributed by atoms with Gasteiger partial charge in [-0.2, -0.15) is 0 Å². The highest BCUT2D eigenvalue weighted by Crippen LogP contribution is 2.38. The Kier molecular flexibility index (Phi) is 4.95. The van der Waals surface area contributed by atoms with Crippen molar-refractivity contribution < 1.29 is 9.90 Å². The highest BCUT2D eigenvalue weighted by molar-refractivity contribution is 7.09. The summed E-state index contributed by atoms with van der Waals surface area (Å²) in [5.41, 5.74) is 4.21. The van der Waals surface area contributed by atoms with Gasteiger partial charge in [-0.25, -0.2) is 4.98 Å². The number of aromatic hydroxyl groups is 1. The van der Waals surface area contributed by atoms with Crippen molar-refractivity contribution in [3.63, 3.8) is 0 Å². The Labute approximate surface area is 200 Å². The van der Waals surface area contributed by atoms with E-state index in [2.05, 4.69) is 46.4 Å². The number of carbonyl (C=O) groups excluding carboxylic acids is 1. The molecule has 0 unspecified atom stereocenters. The number of rotatable bonds is 3. The molecule has 0 fully saturated rings. The van der Waals surface area contributed by atoms with Crippen LogP contribution in [0.3, 0.4) is 0 Å². The summed E-state index contributed by atoms with van der Waals surface area (Å²) in [4.78, 5) is 31.8. The molecule has 34 heavy (non-hydrogen) atoms. The summed E-state index contributed by atoms with van der Waals surface area (Å²) < 4.78 is 1.65. The minimum atomic E-state index is -0.572. The van der Waals surface area contributed by atoms with Gasteiger partial charge in [0.25, 0.3) is 5.91 Å². The van der Waals surface area contributed by atoms with Crippen LogP contribution < -0.4 is 10.4 Å². The van der Waals surface area contributed by atoms with Gasteiger partial charge in [0.15, 0.2) is 11.4 Å². The van der Waals surface area contributed by atoms with Gasteiger partial charge in [-0.15, -0.1) is 11.3 Å². The van der Waals surface area contributed by atoms with Crippen molar-refractivity contribution in [3.05, 3.63) is 116 Å². The summed E-state index contributed by atoms with van der Waals surface area (Å²) in [7, 11) is 0. The van der Waals surface area contributed by atoms with E-state index in [1.807, 2.05) is 17.5 Å². The number of nitrogens with zero attached hydrogens (tertiary/aromatic N) is 4. The molecule has 1 aliphatic carbocycles. The molecule has 0 saturated carbocycles. The molecular formula is C26H22N4O3S. The molecule has 1 N–H and O–H groups in total. The quantitative estimate of drug-likeness (QED) is 0.496. The van der Waals surface area contributed by atoms with E-state index in [1.165, 1.54) is 28.5 Å². The van der Waals surface area contributed by atoms with E-state index in [0.29, 0.717) is 6.54 Å². The third-order valence-corrected chi connectivity index (χ3v) is 7.37. The van der Waals surface area contributed by atoms with Gasteiger partial charge in [0.1, 0.15) is 11.7 Å². The number of hydrogen-bond donors (Lipinski definition) is 1. The van der Waals surface area contributed by atoms with E-state index < -0.39 is 17.1 Å². The lowest BCUT2D eigenvalue weighted by Crippen LogP contribution is -2.55. The van der Waals surface area contributed by atoms with E-state index >= 15 is 0 Å². The van der Waals surface area contributed by atoms with E-state index in [1.54, 1.807) is 22.0 Å². The van der Waals surface area contributed by atoms with Gasteiger partial charge in [0.2, 0.25) is 5.43 Å². The summed E-state index contributed by atoms with van der Waals surface area (Å²) in [5.74, 6) is -0.923. The summed E-state index contributed by atoms with van der Waals surface area (Å²) in [5, 5.41) is 15.4. The van der Waals surface area contributed by atoms with Crippen LogP contribution in [0.5, 0.6) is 5.75 Å².